The topological polar surface area (TPSA) is 33.5 Å². The fourth-order valence-corrected chi connectivity index (χ4v) is 3.00. The standard InChI is InChI=1S/C14H21N4/c1-5-15-6-2-13(1)17-9-11-18(12-10-17)14-3-7-16-8-4-14/h1-2,5-6,14H,3-4,7-12H2. The quantitative estimate of drug-likeness (QED) is 0.778. The van der Waals surface area contributed by atoms with Gasteiger partial charge in [-0.25, -0.2) is 5.32 Å². The van der Waals surface area contributed by atoms with Crippen molar-refractivity contribution in [1.29, 1.82) is 0 Å². The number of nitrogens with zero attached hydrogens (tertiary/aromatic N) is 4. The van der Waals surface area contributed by atoms with E-state index >= 15 is 0 Å². The van der Waals surface area contributed by atoms with Crippen molar-refractivity contribution in [2.45, 2.75) is 18.9 Å². The zero-order chi connectivity index (χ0) is 12.2. The average Bonchev–Trinajstić information content (AvgIpc) is 2.49. The van der Waals surface area contributed by atoms with E-state index in [-0.39, 0.29) is 0 Å². The second-order valence-electron chi connectivity index (χ2n) is 5.13. The van der Waals surface area contributed by atoms with Gasteiger partial charge in [-0.15, -0.1) is 0 Å². The molecule has 1 radical (unpaired) electrons. The number of pyridine rings is 1. The summed E-state index contributed by atoms with van der Waals surface area (Å²) in [5, 5.41) is 4.44. The largest absolute Gasteiger partial charge is 0.369 e. The van der Waals surface area contributed by atoms with Gasteiger partial charge in [0.25, 0.3) is 0 Å². The normalized spacial score (nSPS) is 23.2. The van der Waals surface area contributed by atoms with Crippen molar-refractivity contribution in [1.82, 2.24) is 15.2 Å². The van der Waals surface area contributed by atoms with E-state index in [1.54, 1.807) is 0 Å². The summed E-state index contributed by atoms with van der Waals surface area (Å²) < 4.78 is 0. The number of anilines is 1. The van der Waals surface area contributed by atoms with Crippen molar-refractivity contribution in [2.75, 3.05) is 44.2 Å². The Hall–Kier alpha value is -1.13. The molecule has 4 nitrogen and oxygen atoms in total. The Morgan fingerprint density at radius 2 is 1.61 bits per heavy atom. The monoisotopic (exact) mass is 245 g/mol. The summed E-state index contributed by atoms with van der Waals surface area (Å²) in [6, 6.07) is 4.99. The maximum Gasteiger partial charge on any atom is 0.0397 e. The van der Waals surface area contributed by atoms with E-state index < -0.39 is 0 Å². The summed E-state index contributed by atoms with van der Waals surface area (Å²) in [4.78, 5) is 9.20. The highest BCUT2D eigenvalue weighted by molar-refractivity contribution is 5.44. The lowest BCUT2D eigenvalue weighted by molar-refractivity contribution is 0.153. The molecule has 0 aliphatic carbocycles. The number of rotatable bonds is 2. The maximum absolute atomic E-state index is 4.44. The van der Waals surface area contributed by atoms with Crippen LogP contribution in [0.15, 0.2) is 24.5 Å². The van der Waals surface area contributed by atoms with Crippen LogP contribution in [0.5, 0.6) is 0 Å². The van der Waals surface area contributed by atoms with E-state index in [0.717, 1.165) is 32.2 Å². The number of aromatic nitrogens is 1. The first-order chi connectivity index (χ1) is 8.93. The smallest absolute Gasteiger partial charge is 0.0397 e. The molecule has 2 aliphatic rings. The third-order valence-corrected chi connectivity index (χ3v) is 4.10. The summed E-state index contributed by atoms with van der Waals surface area (Å²) in [6.45, 7) is 6.78. The van der Waals surface area contributed by atoms with Gasteiger partial charge in [0.1, 0.15) is 0 Å². The lowest BCUT2D eigenvalue weighted by Gasteiger charge is -2.41. The van der Waals surface area contributed by atoms with Crippen molar-refractivity contribution in [2.24, 2.45) is 0 Å². The highest BCUT2D eigenvalue weighted by Crippen LogP contribution is 2.19. The van der Waals surface area contributed by atoms with E-state index in [0.29, 0.717) is 0 Å². The molecule has 18 heavy (non-hydrogen) atoms. The minimum Gasteiger partial charge on any atom is -0.369 e. The molecular formula is C14H21N4. The third kappa shape index (κ3) is 2.65. The minimum absolute atomic E-state index is 0.780. The average molecular weight is 245 g/mol. The Balaban J connectivity index is 1.54. The van der Waals surface area contributed by atoms with Gasteiger partial charge in [0.2, 0.25) is 0 Å². The SMILES string of the molecule is c1cc(N2CCN(C3CC[N]CC3)CC2)ccn1. The fraction of sp³-hybridized carbons (Fsp3) is 0.643. The van der Waals surface area contributed by atoms with Crippen LogP contribution < -0.4 is 10.2 Å². The van der Waals surface area contributed by atoms with Gasteiger partial charge in [-0.05, 0) is 25.0 Å². The predicted octanol–water partition coefficient (Wildman–Crippen LogP) is 0.970. The van der Waals surface area contributed by atoms with Gasteiger partial charge in [-0.3, -0.25) is 9.88 Å². The second kappa shape index (κ2) is 5.67. The molecule has 0 amide bonds. The zero-order valence-electron chi connectivity index (χ0n) is 10.8. The summed E-state index contributed by atoms with van der Waals surface area (Å²) in [7, 11) is 0. The van der Waals surface area contributed by atoms with Gasteiger partial charge >= 0.3 is 0 Å². The molecule has 0 atom stereocenters. The van der Waals surface area contributed by atoms with Crippen molar-refractivity contribution < 1.29 is 0 Å². The minimum atomic E-state index is 0.780. The summed E-state index contributed by atoms with van der Waals surface area (Å²) in [5.74, 6) is 0. The van der Waals surface area contributed by atoms with Crippen molar-refractivity contribution in [3.8, 4) is 0 Å². The van der Waals surface area contributed by atoms with Crippen LogP contribution in [-0.4, -0.2) is 55.2 Å². The Morgan fingerprint density at radius 3 is 2.28 bits per heavy atom. The molecule has 0 unspecified atom stereocenters. The summed E-state index contributed by atoms with van der Waals surface area (Å²) >= 11 is 0. The summed E-state index contributed by atoms with van der Waals surface area (Å²) in [5.41, 5.74) is 1.31. The molecule has 0 saturated carbocycles. The first kappa shape index (κ1) is 11.9. The van der Waals surface area contributed by atoms with Gasteiger partial charge in [0, 0.05) is 63.4 Å². The number of piperidine rings is 1. The van der Waals surface area contributed by atoms with Crippen LogP contribution in [0.3, 0.4) is 0 Å². The number of hydrogen-bond acceptors (Lipinski definition) is 3. The molecule has 0 bridgehead atoms. The second-order valence-corrected chi connectivity index (χ2v) is 5.13. The molecule has 3 rings (SSSR count). The lowest BCUT2D eigenvalue weighted by atomic mass is 10.0. The maximum atomic E-state index is 4.44. The fourth-order valence-electron chi connectivity index (χ4n) is 3.00. The van der Waals surface area contributed by atoms with Crippen LogP contribution in [0.1, 0.15) is 12.8 Å². The van der Waals surface area contributed by atoms with Gasteiger partial charge in [-0.2, -0.15) is 0 Å². The van der Waals surface area contributed by atoms with Crippen molar-refractivity contribution in [3.05, 3.63) is 24.5 Å². The Bertz CT molecular complexity index is 353. The molecule has 2 fully saturated rings. The van der Waals surface area contributed by atoms with Gasteiger partial charge in [0.15, 0.2) is 0 Å². The van der Waals surface area contributed by atoms with E-state index in [2.05, 4.69) is 32.2 Å². The van der Waals surface area contributed by atoms with E-state index in [4.69, 9.17) is 0 Å². The van der Waals surface area contributed by atoms with Crippen molar-refractivity contribution in [3.63, 3.8) is 0 Å². The van der Waals surface area contributed by atoms with Crippen LogP contribution in [-0.2, 0) is 0 Å². The highest BCUT2D eigenvalue weighted by atomic mass is 15.3. The Kier molecular flexibility index (Phi) is 3.76. The molecule has 0 spiro atoms. The molecule has 2 saturated heterocycles. The molecule has 0 N–H and O–H groups in total. The molecule has 1 aromatic heterocycles. The van der Waals surface area contributed by atoms with Gasteiger partial charge < -0.3 is 4.90 Å². The van der Waals surface area contributed by atoms with Gasteiger partial charge in [0.05, 0.1) is 0 Å². The zero-order valence-corrected chi connectivity index (χ0v) is 10.8. The van der Waals surface area contributed by atoms with Crippen LogP contribution in [0.25, 0.3) is 0 Å². The Morgan fingerprint density at radius 1 is 0.944 bits per heavy atom. The molecule has 3 heterocycles. The molecule has 0 aromatic carbocycles. The third-order valence-electron chi connectivity index (χ3n) is 4.10. The van der Waals surface area contributed by atoms with E-state index in [1.165, 1.54) is 31.6 Å². The molecule has 97 valence electrons. The van der Waals surface area contributed by atoms with Crippen LogP contribution >= 0.6 is 0 Å². The van der Waals surface area contributed by atoms with E-state index in [9.17, 15) is 0 Å². The van der Waals surface area contributed by atoms with E-state index in [1.807, 2.05) is 12.4 Å². The first-order valence-electron chi connectivity index (χ1n) is 6.96. The highest BCUT2D eigenvalue weighted by Gasteiger charge is 2.25. The van der Waals surface area contributed by atoms with Crippen LogP contribution in [0.2, 0.25) is 0 Å². The molecule has 1 aromatic rings. The van der Waals surface area contributed by atoms with Crippen molar-refractivity contribution >= 4 is 5.69 Å². The Labute approximate surface area is 109 Å². The first-order valence-corrected chi connectivity index (χ1v) is 6.96. The number of piperazine rings is 1. The van der Waals surface area contributed by atoms with Gasteiger partial charge in [-0.1, -0.05) is 0 Å². The summed E-state index contributed by atoms with van der Waals surface area (Å²) in [6.07, 6.45) is 6.28. The van der Waals surface area contributed by atoms with Crippen LogP contribution in [0, 0.1) is 0 Å². The predicted molar refractivity (Wildman–Crippen MR) is 72.9 cm³/mol. The van der Waals surface area contributed by atoms with Crippen LogP contribution in [0.4, 0.5) is 5.69 Å². The molecular weight excluding hydrogens is 224 g/mol. The molecule has 2 aliphatic heterocycles. The molecule has 4 heteroatoms. The number of hydrogen-bond donors (Lipinski definition) is 0. The lowest BCUT2D eigenvalue weighted by Crippen LogP contribution is -2.52.